The monoisotopic (exact) mass is 313 g/mol. The molecule has 0 fully saturated rings. The number of rotatable bonds is 5. The number of carbonyl (C=O) groups excluding carboxylic acids is 1. The van der Waals surface area contributed by atoms with Crippen molar-refractivity contribution < 1.29 is 4.79 Å². The maximum atomic E-state index is 12.3. The Morgan fingerprint density at radius 2 is 2.11 bits per heavy atom. The Morgan fingerprint density at radius 1 is 1.44 bits per heavy atom. The molecule has 0 aromatic carbocycles. The summed E-state index contributed by atoms with van der Waals surface area (Å²) in [4.78, 5) is 12.3. The average Bonchev–Trinajstić information content (AvgIpc) is 2.35. The largest absolute Gasteiger partial charge is 0.348 e. The third kappa shape index (κ3) is 3.77. The lowest BCUT2D eigenvalue weighted by molar-refractivity contribution is 0.0930. The minimum absolute atomic E-state index is 0.0667. The molecule has 1 aromatic heterocycles. The summed E-state index contributed by atoms with van der Waals surface area (Å²) < 4.78 is 0. The molecule has 1 aromatic rings. The SMILES string of the molecule is CCc1nnc(C)cc1C(=O)NC(CBr)C(C)C. The van der Waals surface area contributed by atoms with Crippen LogP contribution in [-0.2, 0) is 6.42 Å². The Bertz CT molecular complexity index is 421. The van der Waals surface area contributed by atoms with Crippen molar-refractivity contribution in [1.29, 1.82) is 0 Å². The Hall–Kier alpha value is -0.970. The van der Waals surface area contributed by atoms with Gasteiger partial charge >= 0.3 is 0 Å². The summed E-state index contributed by atoms with van der Waals surface area (Å²) in [7, 11) is 0. The molecule has 1 unspecified atom stereocenters. The van der Waals surface area contributed by atoms with Crippen LogP contribution in [0.25, 0.3) is 0 Å². The molecule has 1 heterocycles. The lowest BCUT2D eigenvalue weighted by Gasteiger charge is -2.20. The zero-order valence-corrected chi connectivity index (χ0v) is 12.9. The molecule has 1 rings (SSSR count). The molecule has 18 heavy (non-hydrogen) atoms. The molecule has 1 N–H and O–H groups in total. The number of aryl methyl sites for hydroxylation is 2. The molecule has 1 atom stereocenters. The fraction of sp³-hybridized carbons (Fsp3) is 0.615. The fourth-order valence-electron chi connectivity index (χ4n) is 1.60. The molecule has 0 saturated heterocycles. The van der Waals surface area contributed by atoms with Gasteiger partial charge in [-0.2, -0.15) is 10.2 Å². The zero-order chi connectivity index (χ0) is 13.7. The van der Waals surface area contributed by atoms with Crippen molar-refractivity contribution in [2.45, 2.75) is 40.2 Å². The van der Waals surface area contributed by atoms with E-state index in [-0.39, 0.29) is 11.9 Å². The van der Waals surface area contributed by atoms with Crippen LogP contribution >= 0.6 is 15.9 Å². The maximum absolute atomic E-state index is 12.3. The van der Waals surface area contributed by atoms with Gasteiger partial charge in [0.25, 0.3) is 5.91 Å². The van der Waals surface area contributed by atoms with Crippen LogP contribution in [0.2, 0.25) is 0 Å². The van der Waals surface area contributed by atoms with Crippen LogP contribution < -0.4 is 5.32 Å². The van der Waals surface area contributed by atoms with Crippen LogP contribution in [-0.4, -0.2) is 27.5 Å². The van der Waals surface area contributed by atoms with Crippen LogP contribution in [0.4, 0.5) is 0 Å². The second-order valence-electron chi connectivity index (χ2n) is 4.68. The van der Waals surface area contributed by atoms with E-state index in [9.17, 15) is 4.79 Å². The molecular formula is C13H20BrN3O. The van der Waals surface area contributed by atoms with E-state index in [2.05, 4.69) is 45.3 Å². The van der Waals surface area contributed by atoms with E-state index in [1.54, 1.807) is 6.07 Å². The zero-order valence-electron chi connectivity index (χ0n) is 11.3. The first-order chi connectivity index (χ1) is 8.49. The number of halogens is 1. The molecule has 0 spiro atoms. The summed E-state index contributed by atoms with van der Waals surface area (Å²) in [6.45, 7) is 7.99. The summed E-state index contributed by atoms with van der Waals surface area (Å²) in [5.41, 5.74) is 2.14. The topological polar surface area (TPSA) is 54.9 Å². The van der Waals surface area contributed by atoms with Crippen LogP contribution in [0.3, 0.4) is 0 Å². The van der Waals surface area contributed by atoms with Crippen molar-refractivity contribution in [3.8, 4) is 0 Å². The van der Waals surface area contributed by atoms with Gasteiger partial charge in [0.15, 0.2) is 0 Å². The van der Waals surface area contributed by atoms with Crippen molar-refractivity contribution in [1.82, 2.24) is 15.5 Å². The Kier molecular flexibility index (Phi) is 5.72. The normalized spacial score (nSPS) is 12.6. The van der Waals surface area contributed by atoms with Crippen LogP contribution in [0, 0.1) is 12.8 Å². The molecule has 4 nitrogen and oxygen atoms in total. The minimum atomic E-state index is -0.0667. The lowest BCUT2D eigenvalue weighted by Crippen LogP contribution is -2.40. The van der Waals surface area contributed by atoms with Gasteiger partial charge in [-0.05, 0) is 25.3 Å². The number of nitrogens with one attached hydrogen (secondary N) is 1. The van der Waals surface area contributed by atoms with Gasteiger partial charge in [-0.25, -0.2) is 0 Å². The molecule has 0 saturated carbocycles. The van der Waals surface area contributed by atoms with Crippen LogP contribution in [0.15, 0.2) is 6.07 Å². The second kappa shape index (κ2) is 6.83. The summed E-state index contributed by atoms with van der Waals surface area (Å²) in [5.74, 6) is 0.317. The van der Waals surface area contributed by atoms with Crippen molar-refractivity contribution in [2.75, 3.05) is 5.33 Å². The van der Waals surface area contributed by atoms with E-state index < -0.39 is 0 Å². The van der Waals surface area contributed by atoms with Gasteiger partial charge in [-0.15, -0.1) is 0 Å². The third-order valence-corrected chi connectivity index (χ3v) is 3.56. The fourth-order valence-corrected chi connectivity index (χ4v) is 2.51. The highest BCUT2D eigenvalue weighted by molar-refractivity contribution is 9.09. The smallest absolute Gasteiger partial charge is 0.253 e. The molecule has 0 radical (unpaired) electrons. The van der Waals surface area contributed by atoms with Crippen molar-refractivity contribution >= 4 is 21.8 Å². The highest BCUT2D eigenvalue weighted by atomic mass is 79.9. The van der Waals surface area contributed by atoms with Crippen molar-refractivity contribution in [2.24, 2.45) is 5.92 Å². The van der Waals surface area contributed by atoms with Gasteiger partial charge in [0.05, 0.1) is 17.0 Å². The van der Waals surface area contributed by atoms with Crippen molar-refractivity contribution in [3.63, 3.8) is 0 Å². The maximum Gasteiger partial charge on any atom is 0.253 e. The van der Waals surface area contributed by atoms with E-state index in [4.69, 9.17) is 0 Å². The van der Waals surface area contributed by atoms with E-state index >= 15 is 0 Å². The average molecular weight is 314 g/mol. The predicted octanol–water partition coefficient (Wildman–Crippen LogP) is 2.50. The first-order valence-electron chi connectivity index (χ1n) is 6.19. The summed E-state index contributed by atoms with van der Waals surface area (Å²) in [6.07, 6.45) is 0.705. The number of amides is 1. The van der Waals surface area contributed by atoms with E-state index in [0.29, 0.717) is 17.9 Å². The number of hydrogen-bond donors (Lipinski definition) is 1. The standard InChI is InChI=1S/C13H20BrN3O/c1-5-11-10(6-9(4)16-17-11)13(18)15-12(7-14)8(2)3/h6,8,12H,5,7H2,1-4H3,(H,15,18). The molecule has 0 bridgehead atoms. The van der Waals surface area contributed by atoms with E-state index in [0.717, 1.165) is 16.7 Å². The number of hydrogen-bond acceptors (Lipinski definition) is 3. The number of aromatic nitrogens is 2. The summed E-state index contributed by atoms with van der Waals surface area (Å²) in [5, 5.41) is 11.8. The number of alkyl halides is 1. The van der Waals surface area contributed by atoms with Crippen molar-refractivity contribution in [3.05, 3.63) is 23.0 Å². The summed E-state index contributed by atoms with van der Waals surface area (Å²) in [6, 6.07) is 1.92. The van der Waals surface area contributed by atoms with Gasteiger partial charge in [-0.1, -0.05) is 36.7 Å². The van der Waals surface area contributed by atoms with Crippen LogP contribution in [0.1, 0.15) is 42.5 Å². The molecule has 0 aliphatic carbocycles. The minimum Gasteiger partial charge on any atom is -0.348 e. The predicted molar refractivity (Wildman–Crippen MR) is 76.0 cm³/mol. The molecule has 100 valence electrons. The molecule has 1 amide bonds. The second-order valence-corrected chi connectivity index (χ2v) is 5.33. The van der Waals surface area contributed by atoms with Gasteiger partial charge in [-0.3, -0.25) is 4.79 Å². The highest BCUT2D eigenvalue weighted by Crippen LogP contribution is 2.10. The Morgan fingerprint density at radius 3 is 2.61 bits per heavy atom. The lowest BCUT2D eigenvalue weighted by atomic mass is 10.1. The van der Waals surface area contributed by atoms with E-state index in [1.165, 1.54) is 0 Å². The quantitative estimate of drug-likeness (QED) is 0.850. The Labute approximate surface area is 117 Å². The molecule has 0 aliphatic rings. The first kappa shape index (κ1) is 15.1. The van der Waals surface area contributed by atoms with Crippen LogP contribution in [0.5, 0.6) is 0 Å². The number of nitrogens with zero attached hydrogens (tertiary/aromatic N) is 2. The molecular weight excluding hydrogens is 294 g/mol. The summed E-state index contributed by atoms with van der Waals surface area (Å²) >= 11 is 3.42. The van der Waals surface area contributed by atoms with Gasteiger partial charge < -0.3 is 5.32 Å². The van der Waals surface area contributed by atoms with Gasteiger partial charge in [0, 0.05) is 11.4 Å². The third-order valence-electron chi connectivity index (χ3n) is 2.86. The number of carbonyl (C=O) groups is 1. The van der Waals surface area contributed by atoms with E-state index in [1.807, 2.05) is 13.8 Å². The molecule has 5 heteroatoms. The molecule has 0 aliphatic heterocycles. The highest BCUT2D eigenvalue weighted by Gasteiger charge is 2.18. The Balaban J connectivity index is 2.92. The first-order valence-corrected chi connectivity index (χ1v) is 7.31. The van der Waals surface area contributed by atoms with Gasteiger partial charge in [0.2, 0.25) is 0 Å². The van der Waals surface area contributed by atoms with Gasteiger partial charge in [0.1, 0.15) is 0 Å².